The Balaban J connectivity index is 1.50. The van der Waals surface area contributed by atoms with Crippen molar-refractivity contribution in [3.8, 4) is 0 Å². The van der Waals surface area contributed by atoms with Crippen molar-refractivity contribution in [1.82, 2.24) is 4.90 Å². The van der Waals surface area contributed by atoms with Gasteiger partial charge in [-0.15, -0.1) is 0 Å². The highest BCUT2D eigenvalue weighted by Crippen LogP contribution is 2.47. The summed E-state index contributed by atoms with van der Waals surface area (Å²) in [5.41, 5.74) is 0.853. The van der Waals surface area contributed by atoms with Crippen LogP contribution in [0.25, 0.3) is 0 Å². The third kappa shape index (κ3) is 3.04. The molecule has 23 heavy (non-hydrogen) atoms. The number of rotatable bonds is 5. The number of hydrogen-bond acceptors (Lipinski definition) is 3. The Morgan fingerprint density at radius 2 is 2.13 bits per heavy atom. The Hall–Kier alpha value is -1.71. The Bertz CT molecular complexity index is 641. The van der Waals surface area contributed by atoms with Gasteiger partial charge in [-0.05, 0) is 57.1 Å². The lowest BCUT2D eigenvalue weighted by Gasteiger charge is -2.26. The van der Waals surface area contributed by atoms with Crippen molar-refractivity contribution in [2.45, 2.75) is 64.5 Å². The highest BCUT2D eigenvalue weighted by molar-refractivity contribution is 5.94. The molecule has 1 aromatic heterocycles. The second-order valence-corrected chi connectivity index (χ2v) is 7.27. The summed E-state index contributed by atoms with van der Waals surface area (Å²) >= 11 is 0. The van der Waals surface area contributed by atoms with Crippen LogP contribution in [0.3, 0.4) is 0 Å². The van der Waals surface area contributed by atoms with Gasteiger partial charge in [0.1, 0.15) is 17.3 Å². The van der Waals surface area contributed by atoms with Crippen molar-refractivity contribution in [2.24, 2.45) is 5.92 Å². The van der Waals surface area contributed by atoms with E-state index < -0.39 is 0 Å². The van der Waals surface area contributed by atoms with Gasteiger partial charge in [-0.2, -0.15) is 0 Å². The molecule has 2 saturated carbocycles. The van der Waals surface area contributed by atoms with Crippen LogP contribution < -0.4 is 0 Å². The van der Waals surface area contributed by atoms with E-state index >= 15 is 0 Å². The Labute approximate surface area is 137 Å². The van der Waals surface area contributed by atoms with Crippen molar-refractivity contribution >= 4 is 5.91 Å². The van der Waals surface area contributed by atoms with Crippen molar-refractivity contribution in [3.63, 3.8) is 0 Å². The maximum atomic E-state index is 12.9. The second kappa shape index (κ2) is 5.73. The summed E-state index contributed by atoms with van der Waals surface area (Å²) < 4.78 is 11.6. The van der Waals surface area contributed by atoms with E-state index in [1.807, 2.05) is 17.9 Å². The van der Waals surface area contributed by atoms with Crippen LogP contribution >= 0.6 is 0 Å². The zero-order valence-corrected chi connectivity index (χ0v) is 14.0. The minimum atomic E-state index is 0.141. The van der Waals surface area contributed by atoms with Crippen LogP contribution in [0.1, 0.15) is 63.4 Å². The molecule has 0 N–H and O–H groups in total. The lowest BCUT2D eigenvalue weighted by Crippen LogP contribution is -2.35. The molecule has 0 bridgehead atoms. The fourth-order valence-electron chi connectivity index (χ4n) is 3.49. The van der Waals surface area contributed by atoms with Gasteiger partial charge in [0.15, 0.2) is 0 Å². The molecule has 1 amide bonds. The minimum Gasteiger partial charge on any atom is -0.498 e. The fourth-order valence-corrected chi connectivity index (χ4v) is 3.49. The molecule has 0 spiro atoms. The van der Waals surface area contributed by atoms with Gasteiger partial charge in [-0.25, -0.2) is 0 Å². The number of carbonyl (C=O) groups excluding carboxylic acids is 1. The van der Waals surface area contributed by atoms with Gasteiger partial charge in [-0.1, -0.05) is 6.92 Å². The highest BCUT2D eigenvalue weighted by atomic mass is 16.5. The topological polar surface area (TPSA) is 42.7 Å². The van der Waals surface area contributed by atoms with Crippen molar-refractivity contribution < 1.29 is 13.9 Å². The lowest BCUT2D eigenvalue weighted by molar-refractivity contribution is -0.129. The van der Waals surface area contributed by atoms with Crippen molar-refractivity contribution in [3.05, 3.63) is 35.0 Å². The summed E-state index contributed by atoms with van der Waals surface area (Å²) in [6.45, 7) is 5.48. The third-order valence-corrected chi connectivity index (χ3v) is 5.30. The summed E-state index contributed by atoms with van der Waals surface area (Å²) in [6.07, 6.45) is 5.19. The zero-order chi connectivity index (χ0) is 16.0. The summed E-state index contributed by atoms with van der Waals surface area (Å²) in [5, 5.41) is 0. The average Bonchev–Trinajstić information content (AvgIpc) is 3.46. The van der Waals surface area contributed by atoms with E-state index in [1.54, 1.807) is 0 Å². The number of hydrogen-bond donors (Lipinski definition) is 0. The van der Waals surface area contributed by atoms with Gasteiger partial charge in [0.05, 0.1) is 18.7 Å². The third-order valence-electron chi connectivity index (χ3n) is 5.30. The number of carbonyl (C=O) groups is 1. The van der Waals surface area contributed by atoms with Crippen LogP contribution in [0, 0.1) is 5.92 Å². The molecule has 1 aliphatic heterocycles. The van der Waals surface area contributed by atoms with E-state index in [2.05, 4.69) is 13.0 Å². The van der Waals surface area contributed by atoms with Crippen LogP contribution in [0.15, 0.2) is 27.9 Å². The standard InChI is InChI=1S/C19H25NO3/c1-12-10-17(12)18-8-7-15(23-18)11-20(14-5-6-14)19(21)16-4-3-9-22-13(16)2/h7-8,12,14,17H,3-6,9-11H2,1-2H3/t12-,17+/m1/s1. The molecule has 4 nitrogen and oxygen atoms in total. The van der Waals surface area contributed by atoms with Crippen LogP contribution in [0.5, 0.6) is 0 Å². The van der Waals surface area contributed by atoms with Crippen molar-refractivity contribution in [2.75, 3.05) is 6.61 Å². The lowest BCUT2D eigenvalue weighted by atomic mass is 10.1. The Morgan fingerprint density at radius 1 is 1.35 bits per heavy atom. The molecule has 0 radical (unpaired) electrons. The number of furan rings is 1. The monoisotopic (exact) mass is 315 g/mol. The summed E-state index contributed by atoms with van der Waals surface area (Å²) in [7, 11) is 0. The molecule has 4 heteroatoms. The molecule has 2 aliphatic carbocycles. The molecule has 1 aromatic rings. The van der Waals surface area contributed by atoms with Gasteiger partial charge < -0.3 is 14.1 Å². The number of amides is 1. The zero-order valence-electron chi connectivity index (χ0n) is 14.0. The van der Waals surface area contributed by atoms with Gasteiger partial charge in [0.2, 0.25) is 0 Å². The average molecular weight is 315 g/mol. The van der Waals surface area contributed by atoms with Gasteiger partial charge in [-0.3, -0.25) is 4.79 Å². The van der Waals surface area contributed by atoms with E-state index in [4.69, 9.17) is 9.15 Å². The largest absolute Gasteiger partial charge is 0.498 e. The summed E-state index contributed by atoms with van der Waals surface area (Å²) in [4.78, 5) is 14.9. The van der Waals surface area contributed by atoms with E-state index in [-0.39, 0.29) is 5.91 Å². The molecule has 4 rings (SSSR count). The molecular weight excluding hydrogens is 290 g/mol. The molecule has 0 aromatic carbocycles. The first-order valence-corrected chi connectivity index (χ1v) is 8.85. The molecule has 2 atom stereocenters. The first-order chi connectivity index (χ1) is 11.1. The van der Waals surface area contributed by atoms with E-state index in [9.17, 15) is 4.79 Å². The van der Waals surface area contributed by atoms with Gasteiger partial charge in [0.25, 0.3) is 5.91 Å². The first-order valence-electron chi connectivity index (χ1n) is 8.85. The number of allylic oxidation sites excluding steroid dienone is 1. The normalized spacial score (nSPS) is 26.9. The minimum absolute atomic E-state index is 0.141. The maximum Gasteiger partial charge on any atom is 0.253 e. The fraction of sp³-hybridized carbons (Fsp3) is 0.632. The predicted octanol–water partition coefficient (Wildman–Crippen LogP) is 3.98. The van der Waals surface area contributed by atoms with Gasteiger partial charge in [0, 0.05) is 12.0 Å². The van der Waals surface area contributed by atoms with Crippen LogP contribution in [-0.4, -0.2) is 23.5 Å². The van der Waals surface area contributed by atoms with Crippen LogP contribution in [-0.2, 0) is 16.1 Å². The van der Waals surface area contributed by atoms with Crippen LogP contribution in [0.4, 0.5) is 0 Å². The van der Waals surface area contributed by atoms with E-state index in [0.29, 0.717) is 18.5 Å². The Morgan fingerprint density at radius 3 is 2.78 bits per heavy atom. The predicted molar refractivity (Wildman–Crippen MR) is 86.7 cm³/mol. The maximum absolute atomic E-state index is 12.9. The highest BCUT2D eigenvalue weighted by Gasteiger charge is 2.38. The van der Waals surface area contributed by atoms with E-state index in [0.717, 1.165) is 61.1 Å². The smallest absolute Gasteiger partial charge is 0.253 e. The van der Waals surface area contributed by atoms with Crippen molar-refractivity contribution in [1.29, 1.82) is 0 Å². The molecule has 0 saturated heterocycles. The molecule has 2 fully saturated rings. The van der Waals surface area contributed by atoms with Crippen LogP contribution in [0.2, 0.25) is 0 Å². The molecule has 0 unspecified atom stereocenters. The molecule has 2 heterocycles. The quantitative estimate of drug-likeness (QED) is 0.825. The summed E-state index contributed by atoms with van der Waals surface area (Å²) in [5.74, 6) is 4.27. The molecular formula is C19H25NO3. The summed E-state index contributed by atoms with van der Waals surface area (Å²) in [6, 6.07) is 4.51. The number of nitrogens with zero attached hydrogens (tertiary/aromatic N) is 1. The SMILES string of the molecule is CC1=C(C(=O)N(Cc2ccc([C@H]3C[C@H]3C)o2)C2CC2)CCCO1. The Kier molecular flexibility index (Phi) is 3.70. The number of ether oxygens (including phenoxy) is 1. The first kappa shape index (κ1) is 14.9. The molecule has 3 aliphatic rings. The molecule has 124 valence electrons. The van der Waals surface area contributed by atoms with E-state index in [1.165, 1.54) is 6.42 Å². The second-order valence-electron chi connectivity index (χ2n) is 7.27. The van der Waals surface area contributed by atoms with Gasteiger partial charge >= 0.3 is 0 Å².